The summed E-state index contributed by atoms with van der Waals surface area (Å²) in [6.07, 6.45) is 1.84. The average Bonchev–Trinajstić information content (AvgIpc) is 3.22. The summed E-state index contributed by atoms with van der Waals surface area (Å²) in [5.74, 6) is -0.0424. The standard InChI is InChI=1S/C26H27N5O2/c27-25(30-33)19-9-8-18-14-24(26(32)29-21-10-12-28-13-11-21)31(23(18)15-19)16-20-6-3-5-17-4-1-2-7-22(17)20/h1-9,14-15,21,28,33H,10-13,16H2,(H2,27,30)(H,29,32). The van der Waals surface area contributed by atoms with E-state index in [4.69, 9.17) is 10.9 Å². The van der Waals surface area contributed by atoms with Gasteiger partial charge in [0.2, 0.25) is 0 Å². The van der Waals surface area contributed by atoms with Crippen molar-refractivity contribution in [2.45, 2.75) is 25.4 Å². The van der Waals surface area contributed by atoms with Crippen LogP contribution >= 0.6 is 0 Å². The molecule has 1 aromatic heterocycles. The maximum Gasteiger partial charge on any atom is 0.268 e. The molecule has 0 saturated carbocycles. The zero-order valence-corrected chi connectivity index (χ0v) is 18.3. The monoisotopic (exact) mass is 441 g/mol. The molecule has 2 heterocycles. The summed E-state index contributed by atoms with van der Waals surface area (Å²) in [5, 5.41) is 22.1. The van der Waals surface area contributed by atoms with E-state index in [-0.39, 0.29) is 17.8 Å². The number of benzene rings is 3. The van der Waals surface area contributed by atoms with Crippen molar-refractivity contribution < 1.29 is 10.0 Å². The number of rotatable bonds is 5. The van der Waals surface area contributed by atoms with Gasteiger partial charge < -0.3 is 26.1 Å². The number of oxime groups is 1. The van der Waals surface area contributed by atoms with Crippen molar-refractivity contribution in [2.24, 2.45) is 10.9 Å². The van der Waals surface area contributed by atoms with Crippen LogP contribution in [0, 0.1) is 0 Å². The highest BCUT2D eigenvalue weighted by Crippen LogP contribution is 2.26. The topological polar surface area (TPSA) is 105 Å². The van der Waals surface area contributed by atoms with Crippen molar-refractivity contribution in [3.05, 3.63) is 83.6 Å². The van der Waals surface area contributed by atoms with Crippen LogP contribution in [-0.4, -0.2) is 40.6 Å². The van der Waals surface area contributed by atoms with Crippen molar-refractivity contribution in [3.8, 4) is 0 Å². The fourth-order valence-electron chi connectivity index (χ4n) is 4.66. The van der Waals surface area contributed by atoms with Crippen molar-refractivity contribution in [1.29, 1.82) is 0 Å². The number of carbonyl (C=O) groups is 1. The normalized spacial score (nSPS) is 15.2. The van der Waals surface area contributed by atoms with Gasteiger partial charge in [-0.3, -0.25) is 4.79 Å². The van der Waals surface area contributed by atoms with E-state index in [1.54, 1.807) is 6.07 Å². The molecule has 0 spiro atoms. The zero-order chi connectivity index (χ0) is 22.8. The molecule has 5 rings (SSSR count). The number of nitrogens with zero attached hydrogens (tertiary/aromatic N) is 2. The minimum Gasteiger partial charge on any atom is -0.409 e. The number of nitrogens with two attached hydrogens (primary N) is 1. The van der Waals surface area contributed by atoms with Gasteiger partial charge in [-0.15, -0.1) is 0 Å². The van der Waals surface area contributed by atoms with E-state index >= 15 is 0 Å². The number of amides is 1. The summed E-state index contributed by atoms with van der Waals surface area (Å²) < 4.78 is 2.03. The highest BCUT2D eigenvalue weighted by Gasteiger charge is 2.21. The molecule has 7 heteroatoms. The van der Waals surface area contributed by atoms with E-state index in [9.17, 15) is 4.79 Å². The molecule has 1 fully saturated rings. The smallest absolute Gasteiger partial charge is 0.268 e. The van der Waals surface area contributed by atoms with Gasteiger partial charge in [0.25, 0.3) is 5.91 Å². The maximum atomic E-state index is 13.4. The van der Waals surface area contributed by atoms with Crippen LogP contribution in [0.3, 0.4) is 0 Å². The molecule has 3 aromatic carbocycles. The van der Waals surface area contributed by atoms with E-state index in [0.717, 1.165) is 53.2 Å². The summed E-state index contributed by atoms with van der Waals surface area (Å²) in [4.78, 5) is 13.4. The number of piperidine rings is 1. The number of hydrogen-bond acceptors (Lipinski definition) is 4. The summed E-state index contributed by atoms with van der Waals surface area (Å²) >= 11 is 0. The van der Waals surface area contributed by atoms with E-state index < -0.39 is 0 Å². The highest BCUT2D eigenvalue weighted by atomic mass is 16.4. The minimum atomic E-state index is -0.0799. The number of amidine groups is 1. The van der Waals surface area contributed by atoms with Gasteiger partial charge >= 0.3 is 0 Å². The maximum absolute atomic E-state index is 13.4. The zero-order valence-electron chi connectivity index (χ0n) is 18.3. The van der Waals surface area contributed by atoms with Crippen molar-refractivity contribution in [2.75, 3.05) is 13.1 Å². The lowest BCUT2D eigenvalue weighted by atomic mass is 10.0. The Hall–Kier alpha value is -3.84. The van der Waals surface area contributed by atoms with E-state index in [1.165, 1.54) is 0 Å². The third-order valence-corrected chi connectivity index (χ3v) is 6.42. The molecule has 1 aliphatic rings. The Morgan fingerprint density at radius 1 is 1.06 bits per heavy atom. The van der Waals surface area contributed by atoms with Gasteiger partial charge in [-0.2, -0.15) is 0 Å². The van der Waals surface area contributed by atoms with E-state index in [2.05, 4.69) is 40.1 Å². The molecule has 5 N–H and O–H groups in total. The molecule has 1 amide bonds. The quantitative estimate of drug-likeness (QED) is 0.165. The first-order valence-corrected chi connectivity index (χ1v) is 11.2. The highest BCUT2D eigenvalue weighted by molar-refractivity contribution is 6.03. The van der Waals surface area contributed by atoms with Gasteiger partial charge in [-0.1, -0.05) is 59.8 Å². The molecule has 0 radical (unpaired) electrons. The summed E-state index contributed by atoms with van der Waals surface area (Å²) in [6.45, 7) is 2.35. The first-order valence-electron chi connectivity index (χ1n) is 11.2. The van der Waals surface area contributed by atoms with Crippen LogP contribution in [0.25, 0.3) is 21.7 Å². The Morgan fingerprint density at radius 2 is 1.85 bits per heavy atom. The van der Waals surface area contributed by atoms with Gasteiger partial charge in [0.05, 0.1) is 0 Å². The lowest BCUT2D eigenvalue weighted by Crippen LogP contribution is -2.43. The predicted octanol–water partition coefficient (Wildman–Crippen LogP) is 3.42. The van der Waals surface area contributed by atoms with Crippen LogP contribution in [0.15, 0.2) is 71.9 Å². The Bertz CT molecular complexity index is 1350. The number of aromatic nitrogens is 1. The Balaban J connectivity index is 1.61. The third kappa shape index (κ3) is 4.15. The van der Waals surface area contributed by atoms with Crippen LogP contribution in [-0.2, 0) is 6.54 Å². The molecular formula is C26H27N5O2. The molecule has 0 bridgehead atoms. The second-order valence-electron chi connectivity index (χ2n) is 8.51. The van der Waals surface area contributed by atoms with Gasteiger partial charge in [-0.05, 0) is 54.4 Å². The number of hydrogen-bond donors (Lipinski definition) is 4. The molecule has 1 saturated heterocycles. The molecule has 1 aliphatic heterocycles. The lowest BCUT2D eigenvalue weighted by molar-refractivity contribution is 0.0921. The Morgan fingerprint density at radius 3 is 2.67 bits per heavy atom. The van der Waals surface area contributed by atoms with Crippen molar-refractivity contribution in [1.82, 2.24) is 15.2 Å². The van der Waals surface area contributed by atoms with Gasteiger partial charge in [0.1, 0.15) is 5.69 Å². The number of nitrogens with one attached hydrogen (secondary N) is 2. The van der Waals surface area contributed by atoms with Crippen molar-refractivity contribution >= 4 is 33.4 Å². The number of carbonyl (C=O) groups excluding carboxylic acids is 1. The molecule has 0 atom stereocenters. The number of fused-ring (bicyclic) bond motifs is 2. The Kier molecular flexibility index (Phi) is 5.71. The molecule has 7 nitrogen and oxygen atoms in total. The molecular weight excluding hydrogens is 414 g/mol. The van der Waals surface area contributed by atoms with Gasteiger partial charge in [0, 0.05) is 29.1 Å². The van der Waals surface area contributed by atoms with Crippen LogP contribution in [0.1, 0.15) is 34.5 Å². The third-order valence-electron chi connectivity index (χ3n) is 6.42. The summed E-state index contributed by atoms with van der Waals surface area (Å²) in [5.41, 5.74) is 9.05. The first-order chi connectivity index (χ1) is 16.1. The lowest BCUT2D eigenvalue weighted by Gasteiger charge is -2.24. The second-order valence-corrected chi connectivity index (χ2v) is 8.51. The van der Waals surface area contributed by atoms with E-state index in [0.29, 0.717) is 17.8 Å². The van der Waals surface area contributed by atoms with Crippen molar-refractivity contribution in [3.63, 3.8) is 0 Å². The molecule has 33 heavy (non-hydrogen) atoms. The van der Waals surface area contributed by atoms with E-state index in [1.807, 2.05) is 41.0 Å². The summed E-state index contributed by atoms with van der Waals surface area (Å²) in [6, 6.07) is 22.1. The van der Waals surface area contributed by atoms with Crippen LogP contribution in [0.5, 0.6) is 0 Å². The van der Waals surface area contributed by atoms with Crippen LogP contribution < -0.4 is 16.4 Å². The fourth-order valence-corrected chi connectivity index (χ4v) is 4.66. The minimum absolute atomic E-state index is 0.0375. The molecule has 168 valence electrons. The van der Waals surface area contributed by atoms with Crippen LogP contribution in [0.4, 0.5) is 0 Å². The van der Waals surface area contributed by atoms with Gasteiger partial charge in [-0.25, -0.2) is 0 Å². The first kappa shape index (κ1) is 21.0. The predicted molar refractivity (Wildman–Crippen MR) is 131 cm³/mol. The molecule has 0 unspecified atom stereocenters. The average molecular weight is 442 g/mol. The Labute approximate surface area is 191 Å². The summed E-state index contributed by atoms with van der Waals surface area (Å²) in [7, 11) is 0. The second kappa shape index (κ2) is 8.96. The van der Waals surface area contributed by atoms with Gasteiger partial charge in [0.15, 0.2) is 5.84 Å². The molecule has 4 aromatic rings. The van der Waals surface area contributed by atoms with Crippen LogP contribution in [0.2, 0.25) is 0 Å². The largest absolute Gasteiger partial charge is 0.409 e. The fraction of sp³-hybridized carbons (Fsp3) is 0.231. The SMILES string of the molecule is N/C(=N\O)c1ccc2cc(C(=O)NC3CCNCC3)n(Cc3cccc4ccccc34)c2c1. The molecule has 0 aliphatic carbocycles.